The molecule has 0 radical (unpaired) electrons. The Morgan fingerprint density at radius 1 is 1.03 bits per heavy atom. The fourth-order valence-corrected chi connectivity index (χ4v) is 3.32. The maximum atomic E-state index is 10.8. The molecule has 0 aliphatic heterocycles. The number of tetrazole rings is 1. The Morgan fingerprint density at radius 2 is 1.88 bits per heavy atom. The predicted octanol–water partition coefficient (Wildman–Crippen LogP) is 4.22. The first kappa shape index (κ1) is 22.2. The van der Waals surface area contributed by atoms with Crippen LogP contribution in [0, 0.1) is 10.1 Å². The van der Waals surface area contributed by atoms with Gasteiger partial charge in [0.1, 0.15) is 5.75 Å². The summed E-state index contributed by atoms with van der Waals surface area (Å²) in [4.78, 5) is 10.3. The molecule has 0 aliphatic rings. The second kappa shape index (κ2) is 10.5. The van der Waals surface area contributed by atoms with Crippen molar-refractivity contribution >= 4 is 23.0 Å². The molecule has 4 rings (SSSR count). The van der Waals surface area contributed by atoms with Gasteiger partial charge in [-0.2, -0.15) is 4.68 Å². The molecule has 0 fully saturated rings. The second-order valence-electron chi connectivity index (χ2n) is 6.98. The van der Waals surface area contributed by atoms with E-state index in [1.54, 1.807) is 6.07 Å². The molecule has 33 heavy (non-hydrogen) atoms. The molecule has 0 saturated heterocycles. The Bertz CT molecular complexity index is 1230. The molecular formula is C22H20ClN7O3. The van der Waals surface area contributed by atoms with Gasteiger partial charge >= 0.3 is 6.01 Å². The number of nitro benzene ring substituents is 1. The number of hydrogen-bond donors (Lipinski definition) is 2. The highest BCUT2D eigenvalue weighted by atomic mass is 35.5. The Morgan fingerprint density at radius 3 is 2.67 bits per heavy atom. The van der Waals surface area contributed by atoms with Crippen molar-refractivity contribution in [2.45, 2.75) is 6.54 Å². The average Bonchev–Trinajstić information content (AvgIpc) is 3.28. The number of halogens is 1. The molecule has 0 amide bonds. The van der Waals surface area contributed by atoms with Gasteiger partial charge in [0.2, 0.25) is 0 Å². The van der Waals surface area contributed by atoms with Gasteiger partial charge in [-0.15, -0.1) is 0 Å². The normalized spacial score (nSPS) is 10.7. The van der Waals surface area contributed by atoms with Crippen molar-refractivity contribution in [1.82, 2.24) is 25.5 Å². The average molecular weight is 466 g/mol. The van der Waals surface area contributed by atoms with Gasteiger partial charge in [0.05, 0.1) is 21.3 Å². The number of benzene rings is 3. The number of ether oxygens (including phenoxy) is 1. The maximum Gasteiger partial charge on any atom is 0.345 e. The molecule has 168 valence electrons. The number of rotatable bonds is 10. The van der Waals surface area contributed by atoms with E-state index in [0.29, 0.717) is 36.1 Å². The number of aromatic nitrogens is 4. The molecular weight excluding hydrogens is 446 g/mol. The van der Waals surface area contributed by atoms with Crippen LogP contribution in [0.3, 0.4) is 0 Å². The topological polar surface area (TPSA) is 120 Å². The molecule has 4 aromatic rings. The third-order valence-corrected chi connectivity index (χ3v) is 4.97. The first-order valence-electron chi connectivity index (χ1n) is 10.1. The van der Waals surface area contributed by atoms with Gasteiger partial charge in [0, 0.05) is 31.8 Å². The quantitative estimate of drug-likeness (QED) is 0.203. The van der Waals surface area contributed by atoms with Crippen molar-refractivity contribution < 1.29 is 9.66 Å². The lowest BCUT2D eigenvalue weighted by atomic mass is 10.2. The molecule has 2 N–H and O–H groups in total. The van der Waals surface area contributed by atoms with E-state index in [1.165, 1.54) is 16.8 Å². The molecule has 0 aliphatic carbocycles. The Balaban J connectivity index is 1.28. The van der Waals surface area contributed by atoms with E-state index in [-0.39, 0.29) is 11.7 Å². The van der Waals surface area contributed by atoms with Crippen LogP contribution in [0.15, 0.2) is 72.8 Å². The highest BCUT2D eigenvalue weighted by molar-refractivity contribution is 6.33. The van der Waals surface area contributed by atoms with E-state index in [9.17, 15) is 10.1 Å². The molecule has 3 aromatic carbocycles. The van der Waals surface area contributed by atoms with Crippen LogP contribution in [0.2, 0.25) is 5.02 Å². The van der Waals surface area contributed by atoms with Crippen LogP contribution in [-0.2, 0) is 6.54 Å². The number of nitrogens with zero attached hydrogens (tertiary/aromatic N) is 5. The van der Waals surface area contributed by atoms with Gasteiger partial charge in [0.25, 0.3) is 5.69 Å². The lowest BCUT2D eigenvalue weighted by molar-refractivity contribution is -0.384. The zero-order valence-electron chi connectivity index (χ0n) is 17.4. The fourth-order valence-electron chi connectivity index (χ4n) is 3.08. The van der Waals surface area contributed by atoms with Gasteiger partial charge in [-0.25, -0.2) is 0 Å². The third kappa shape index (κ3) is 5.82. The van der Waals surface area contributed by atoms with E-state index in [0.717, 1.165) is 11.3 Å². The minimum absolute atomic E-state index is 0.0384. The lowest BCUT2D eigenvalue weighted by Crippen LogP contribution is -2.21. The highest BCUT2D eigenvalue weighted by Gasteiger charge is 2.11. The molecule has 11 heteroatoms. The summed E-state index contributed by atoms with van der Waals surface area (Å²) in [5.41, 5.74) is 2.44. The van der Waals surface area contributed by atoms with Gasteiger partial charge < -0.3 is 15.4 Å². The number of para-hydroxylation sites is 1. The number of anilines is 1. The number of nitrogens with one attached hydrogen (secondary N) is 2. The first-order valence-corrected chi connectivity index (χ1v) is 10.5. The Labute approximate surface area is 194 Å². The standard InChI is InChI=1S/C22H20ClN7O3/c23-20-14-18(30(31)32)9-10-21(20)25-12-11-24-15-16-5-4-8-19(13-16)33-22-26-27-28-29(22)17-6-2-1-3-7-17/h1-10,13-14,24-25H,11-12,15H2. The van der Waals surface area contributed by atoms with E-state index < -0.39 is 4.92 Å². The summed E-state index contributed by atoms with van der Waals surface area (Å²) in [6.07, 6.45) is 0. The van der Waals surface area contributed by atoms with Crippen molar-refractivity contribution in [1.29, 1.82) is 0 Å². The van der Waals surface area contributed by atoms with Crippen molar-refractivity contribution in [2.24, 2.45) is 0 Å². The molecule has 1 aromatic heterocycles. The van der Waals surface area contributed by atoms with Gasteiger partial charge in [-0.3, -0.25) is 10.1 Å². The van der Waals surface area contributed by atoms with E-state index in [1.807, 2.05) is 54.6 Å². The summed E-state index contributed by atoms with van der Waals surface area (Å²) in [5, 5.41) is 29.3. The summed E-state index contributed by atoms with van der Waals surface area (Å²) < 4.78 is 7.42. The number of hydrogen-bond acceptors (Lipinski definition) is 8. The van der Waals surface area contributed by atoms with Crippen LogP contribution in [0.4, 0.5) is 11.4 Å². The molecule has 0 atom stereocenters. The maximum absolute atomic E-state index is 10.8. The largest absolute Gasteiger partial charge is 0.423 e. The smallest absolute Gasteiger partial charge is 0.345 e. The van der Waals surface area contributed by atoms with Crippen molar-refractivity contribution in [3.8, 4) is 17.4 Å². The SMILES string of the molecule is O=[N+]([O-])c1ccc(NCCNCc2cccc(Oc3nnnn3-c3ccccc3)c2)c(Cl)c1. The second-order valence-corrected chi connectivity index (χ2v) is 7.39. The highest BCUT2D eigenvalue weighted by Crippen LogP contribution is 2.26. The zero-order valence-corrected chi connectivity index (χ0v) is 18.1. The van der Waals surface area contributed by atoms with E-state index in [2.05, 4.69) is 26.2 Å². The monoisotopic (exact) mass is 465 g/mol. The van der Waals surface area contributed by atoms with E-state index in [4.69, 9.17) is 16.3 Å². The lowest BCUT2D eigenvalue weighted by Gasteiger charge is -2.10. The Kier molecular flexibility index (Phi) is 7.08. The van der Waals surface area contributed by atoms with E-state index >= 15 is 0 Å². The van der Waals surface area contributed by atoms with Crippen LogP contribution >= 0.6 is 11.6 Å². The fraction of sp³-hybridized carbons (Fsp3) is 0.136. The molecule has 10 nitrogen and oxygen atoms in total. The summed E-state index contributed by atoms with van der Waals surface area (Å²) >= 11 is 6.09. The minimum atomic E-state index is -0.475. The van der Waals surface area contributed by atoms with Crippen molar-refractivity contribution in [2.75, 3.05) is 18.4 Å². The molecule has 1 heterocycles. The Hall–Kier alpha value is -4.02. The molecule has 0 saturated carbocycles. The van der Waals surface area contributed by atoms with Gasteiger partial charge in [0.15, 0.2) is 0 Å². The third-order valence-electron chi connectivity index (χ3n) is 4.66. The van der Waals surface area contributed by atoms with Crippen molar-refractivity contribution in [3.63, 3.8) is 0 Å². The number of non-ortho nitro benzene ring substituents is 1. The summed E-state index contributed by atoms with van der Waals surface area (Å²) in [5.74, 6) is 0.622. The number of nitro groups is 1. The van der Waals surface area contributed by atoms with Gasteiger partial charge in [-0.1, -0.05) is 47.0 Å². The van der Waals surface area contributed by atoms with Crippen LogP contribution in [0.1, 0.15) is 5.56 Å². The molecule has 0 unspecified atom stereocenters. The van der Waals surface area contributed by atoms with Crippen LogP contribution in [0.5, 0.6) is 11.8 Å². The van der Waals surface area contributed by atoms with Crippen LogP contribution in [0.25, 0.3) is 5.69 Å². The van der Waals surface area contributed by atoms with Crippen molar-refractivity contribution in [3.05, 3.63) is 93.5 Å². The summed E-state index contributed by atoms with van der Waals surface area (Å²) in [6, 6.07) is 21.8. The summed E-state index contributed by atoms with van der Waals surface area (Å²) in [7, 11) is 0. The first-order chi connectivity index (χ1) is 16.1. The molecule has 0 spiro atoms. The zero-order chi connectivity index (χ0) is 23.0. The molecule has 0 bridgehead atoms. The van der Waals surface area contributed by atoms with Gasteiger partial charge in [-0.05, 0) is 46.3 Å². The predicted molar refractivity (Wildman–Crippen MR) is 124 cm³/mol. The minimum Gasteiger partial charge on any atom is -0.423 e. The van der Waals surface area contributed by atoms with Crippen LogP contribution in [-0.4, -0.2) is 38.2 Å². The van der Waals surface area contributed by atoms with Crippen LogP contribution < -0.4 is 15.4 Å². The summed E-state index contributed by atoms with van der Waals surface area (Å²) in [6.45, 7) is 1.88.